The third-order valence-corrected chi connectivity index (χ3v) is 3.89. The average molecular weight is 246 g/mol. The summed E-state index contributed by atoms with van der Waals surface area (Å²) in [5.74, 6) is 0.564. The molecule has 0 amide bonds. The van der Waals surface area contributed by atoms with Crippen LogP contribution in [-0.4, -0.2) is 18.1 Å². The average Bonchev–Trinajstić information content (AvgIpc) is 2.70. The molecule has 1 aromatic carbocycles. The number of hydrogen-bond donors (Lipinski definition) is 2. The minimum atomic E-state index is -0.0555. The van der Waals surface area contributed by atoms with Crippen LogP contribution in [-0.2, 0) is 6.42 Å². The molecular weight excluding hydrogens is 227 g/mol. The Morgan fingerprint density at radius 3 is 2.78 bits per heavy atom. The lowest BCUT2D eigenvalue weighted by atomic mass is 9.90. The lowest BCUT2D eigenvalue weighted by Gasteiger charge is -2.22. The van der Waals surface area contributed by atoms with Crippen LogP contribution in [0.4, 0.5) is 4.39 Å². The zero-order chi connectivity index (χ0) is 12.5. The van der Waals surface area contributed by atoms with E-state index >= 15 is 0 Å². The van der Waals surface area contributed by atoms with E-state index < -0.39 is 0 Å². The van der Waals surface area contributed by atoms with Gasteiger partial charge in [-0.05, 0) is 69.0 Å². The van der Waals surface area contributed by atoms with Crippen molar-refractivity contribution < 1.29 is 4.39 Å². The van der Waals surface area contributed by atoms with Crippen LogP contribution in [0.2, 0.25) is 0 Å². The Morgan fingerprint density at radius 1 is 1.22 bits per heavy atom. The van der Waals surface area contributed by atoms with Crippen molar-refractivity contribution in [2.75, 3.05) is 13.1 Å². The first-order valence-electron chi connectivity index (χ1n) is 6.71. The third kappa shape index (κ3) is 2.27. The number of piperidine rings is 1. The summed E-state index contributed by atoms with van der Waals surface area (Å²) < 4.78 is 14.1. The molecule has 3 rings (SSSR count). The van der Waals surface area contributed by atoms with Gasteiger partial charge in [0.05, 0.1) is 0 Å². The predicted molar refractivity (Wildman–Crippen MR) is 72.3 cm³/mol. The van der Waals surface area contributed by atoms with E-state index in [9.17, 15) is 4.39 Å². The predicted octanol–water partition coefficient (Wildman–Crippen LogP) is 3.16. The molecule has 0 saturated carbocycles. The summed E-state index contributed by atoms with van der Waals surface area (Å²) in [6.07, 6.45) is 3.17. The van der Waals surface area contributed by atoms with Gasteiger partial charge in [-0.15, -0.1) is 0 Å². The number of benzene rings is 1. The van der Waals surface area contributed by atoms with Gasteiger partial charge in [0.1, 0.15) is 5.82 Å². The molecule has 1 aliphatic rings. The van der Waals surface area contributed by atoms with Gasteiger partial charge in [-0.2, -0.15) is 0 Å². The Labute approximate surface area is 107 Å². The summed E-state index contributed by atoms with van der Waals surface area (Å²) >= 11 is 0. The summed E-state index contributed by atoms with van der Waals surface area (Å²) in [7, 11) is 0. The van der Waals surface area contributed by atoms with Gasteiger partial charge < -0.3 is 10.3 Å². The Morgan fingerprint density at radius 2 is 2.00 bits per heavy atom. The van der Waals surface area contributed by atoms with Gasteiger partial charge in [0.15, 0.2) is 0 Å². The van der Waals surface area contributed by atoms with Crippen molar-refractivity contribution >= 4 is 10.9 Å². The Bertz CT molecular complexity index is 553. The maximum absolute atomic E-state index is 14.1. The van der Waals surface area contributed by atoms with Gasteiger partial charge in [-0.3, -0.25) is 0 Å². The van der Waals surface area contributed by atoms with Crippen LogP contribution in [0.3, 0.4) is 0 Å². The zero-order valence-corrected chi connectivity index (χ0v) is 10.7. The van der Waals surface area contributed by atoms with E-state index in [0.717, 1.165) is 54.5 Å². The van der Waals surface area contributed by atoms with Crippen molar-refractivity contribution in [3.63, 3.8) is 0 Å². The van der Waals surface area contributed by atoms with Crippen molar-refractivity contribution in [2.24, 2.45) is 5.92 Å². The highest BCUT2D eigenvalue weighted by Crippen LogP contribution is 2.24. The molecule has 0 radical (unpaired) electrons. The molecule has 3 heteroatoms. The molecule has 1 aliphatic heterocycles. The summed E-state index contributed by atoms with van der Waals surface area (Å²) in [4.78, 5) is 3.28. The molecule has 1 saturated heterocycles. The molecule has 0 bridgehead atoms. The van der Waals surface area contributed by atoms with Crippen molar-refractivity contribution in [1.82, 2.24) is 10.3 Å². The number of aryl methyl sites for hydroxylation is 1. The van der Waals surface area contributed by atoms with Gasteiger partial charge in [-0.25, -0.2) is 4.39 Å². The van der Waals surface area contributed by atoms with Crippen molar-refractivity contribution in [1.29, 1.82) is 0 Å². The van der Waals surface area contributed by atoms with Gasteiger partial charge in [0.25, 0.3) is 0 Å². The second-order valence-corrected chi connectivity index (χ2v) is 5.38. The molecule has 2 nitrogen and oxygen atoms in total. The number of aromatic nitrogens is 1. The lowest BCUT2D eigenvalue weighted by molar-refractivity contribution is 0.368. The molecule has 1 fully saturated rings. The number of hydrogen-bond acceptors (Lipinski definition) is 1. The molecule has 0 spiro atoms. The first kappa shape index (κ1) is 11.7. The van der Waals surface area contributed by atoms with Crippen LogP contribution in [0.25, 0.3) is 10.9 Å². The minimum absolute atomic E-state index is 0.0555. The monoisotopic (exact) mass is 246 g/mol. The first-order chi connectivity index (χ1) is 8.72. The molecule has 0 atom stereocenters. The van der Waals surface area contributed by atoms with Gasteiger partial charge in [-0.1, -0.05) is 0 Å². The van der Waals surface area contributed by atoms with Crippen molar-refractivity contribution in [2.45, 2.75) is 26.2 Å². The van der Waals surface area contributed by atoms with Crippen LogP contribution < -0.4 is 5.32 Å². The molecule has 2 N–H and O–H groups in total. The van der Waals surface area contributed by atoms with E-state index in [1.807, 2.05) is 19.1 Å². The summed E-state index contributed by atoms with van der Waals surface area (Å²) in [6.45, 7) is 4.14. The summed E-state index contributed by atoms with van der Waals surface area (Å²) in [5, 5.41) is 4.32. The van der Waals surface area contributed by atoms with E-state index in [0.29, 0.717) is 5.92 Å². The SMILES string of the molecule is Cc1cc2cc(F)c(CC3CCNCC3)cc2[nH]1. The van der Waals surface area contributed by atoms with E-state index in [1.165, 1.54) is 0 Å². The van der Waals surface area contributed by atoms with Gasteiger partial charge in [0.2, 0.25) is 0 Å². The van der Waals surface area contributed by atoms with Gasteiger partial charge >= 0.3 is 0 Å². The second-order valence-electron chi connectivity index (χ2n) is 5.38. The van der Waals surface area contributed by atoms with Crippen LogP contribution in [0.5, 0.6) is 0 Å². The fraction of sp³-hybridized carbons (Fsp3) is 0.467. The fourth-order valence-corrected chi connectivity index (χ4v) is 2.90. The Kier molecular flexibility index (Phi) is 3.08. The molecular formula is C15H19FN2. The van der Waals surface area contributed by atoms with E-state index in [4.69, 9.17) is 0 Å². The Balaban J connectivity index is 1.88. The molecule has 1 aromatic heterocycles. The van der Waals surface area contributed by atoms with E-state index in [2.05, 4.69) is 10.3 Å². The number of aromatic amines is 1. The quantitative estimate of drug-likeness (QED) is 0.837. The largest absolute Gasteiger partial charge is 0.359 e. The highest BCUT2D eigenvalue weighted by Gasteiger charge is 2.16. The first-order valence-corrected chi connectivity index (χ1v) is 6.71. The summed E-state index contributed by atoms with van der Waals surface area (Å²) in [5.41, 5.74) is 3.00. The standard InChI is InChI=1S/C15H19FN2/c1-10-6-13-8-14(16)12(9-15(13)18-10)7-11-2-4-17-5-3-11/h6,8-9,11,17-18H,2-5,7H2,1H3. The fourth-order valence-electron chi connectivity index (χ4n) is 2.90. The van der Waals surface area contributed by atoms with Gasteiger partial charge in [0, 0.05) is 16.6 Å². The van der Waals surface area contributed by atoms with Crippen molar-refractivity contribution in [3.8, 4) is 0 Å². The van der Waals surface area contributed by atoms with Crippen LogP contribution >= 0.6 is 0 Å². The Hall–Kier alpha value is -1.35. The lowest BCUT2D eigenvalue weighted by Crippen LogP contribution is -2.28. The molecule has 96 valence electrons. The van der Waals surface area contributed by atoms with E-state index in [-0.39, 0.29) is 5.82 Å². The maximum Gasteiger partial charge on any atom is 0.127 e. The maximum atomic E-state index is 14.1. The molecule has 0 unspecified atom stereocenters. The third-order valence-electron chi connectivity index (χ3n) is 3.89. The smallest absolute Gasteiger partial charge is 0.127 e. The highest BCUT2D eigenvalue weighted by atomic mass is 19.1. The minimum Gasteiger partial charge on any atom is -0.359 e. The van der Waals surface area contributed by atoms with Crippen LogP contribution in [0, 0.1) is 18.7 Å². The number of H-pyrrole nitrogens is 1. The normalized spacial score (nSPS) is 17.4. The highest BCUT2D eigenvalue weighted by molar-refractivity contribution is 5.81. The van der Waals surface area contributed by atoms with Crippen LogP contribution in [0.15, 0.2) is 18.2 Å². The molecule has 2 aromatic rings. The molecule has 18 heavy (non-hydrogen) atoms. The number of halogens is 1. The topological polar surface area (TPSA) is 27.8 Å². The molecule has 2 heterocycles. The number of nitrogens with one attached hydrogen (secondary N) is 2. The summed E-state index contributed by atoms with van der Waals surface area (Å²) in [6, 6.07) is 5.64. The van der Waals surface area contributed by atoms with E-state index in [1.54, 1.807) is 6.07 Å². The second kappa shape index (κ2) is 4.73. The number of fused-ring (bicyclic) bond motifs is 1. The zero-order valence-electron chi connectivity index (χ0n) is 10.7. The number of rotatable bonds is 2. The van der Waals surface area contributed by atoms with Crippen molar-refractivity contribution in [3.05, 3.63) is 35.3 Å². The molecule has 0 aliphatic carbocycles. The van der Waals surface area contributed by atoms with Crippen LogP contribution in [0.1, 0.15) is 24.1 Å².